The summed E-state index contributed by atoms with van der Waals surface area (Å²) < 4.78 is 40.5. The van der Waals surface area contributed by atoms with Gasteiger partial charge in [-0.15, -0.1) is 0 Å². The van der Waals surface area contributed by atoms with Crippen molar-refractivity contribution in [2.45, 2.75) is 19.3 Å². The lowest BCUT2D eigenvalue weighted by molar-refractivity contribution is -0.141. The fourth-order valence-corrected chi connectivity index (χ4v) is 0.480. The zero-order chi connectivity index (χ0) is 10.4. The number of hydrogen-bond acceptors (Lipinski definition) is 2. The van der Waals surface area contributed by atoms with Gasteiger partial charge in [-0.2, -0.15) is 0 Å². The Bertz CT molecular complexity index is 194. The number of ether oxygens (including phenoxy) is 1. The SMILES string of the molecule is C=C(C)C(=O)OCC(F)C(F)CF. The van der Waals surface area contributed by atoms with Crippen molar-refractivity contribution in [2.24, 2.45) is 0 Å². The largest absolute Gasteiger partial charge is 0.459 e. The first-order valence-electron chi connectivity index (χ1n) is 3.65. The molecule has 0 aliphatic heterocycles. The van der Waals surface area contributed by atoms with Gasteiger partial charge in [0, 0.05) is 5.57 Å². The van der Waals surface area contributed by atoms with Crippen molar-refractivity contribution < 1.29 is 22.7 Å². The van der Waals surface area contributed by atoms with Crippen LogP contribution in [0, 0.1) is 0 Å². The molecule has 0 saturated carbocycles. The number of carbonyl (C=O) groups excluding carboxylic acids is 1. The zero-order valence-electron chi connectivity index (χ0n) is 7.23. The minimum absolute atomic E-state index is 0.0860. The molecule has 0 fully saturated rings. The van der Waals surface area contributed by atoms with E-state index in [0.717, 1.165) is 0 Å². The second-order valence-corrected chi connectivity index (χ2v) is 2.57. The van der Waals surface area contributed by atoms with E-state index in [1.807, 2.05) is 0 Å². The molecule has 0 radical (unpaired) electrons. The Balaban J connectivity index is 3.76. The molecule has 2 nitrogen and oxygen atoms in total. The molecule has 5 heteroatoms. The van der Waals surface area contributed by atoms with Crippen molar-refractivity contribution >= 4 is 5.97 Å². The van der Waals surface area contributed by atoms with E-state index in [0.29, 0.717) is 0 Å². The van der Waals surface area contributed by atoms with Crippen molar-refractivity contribution in [1.29, 1.82) is 0 Å². The molecule has 2 atom stereocenters. The molecule has 13 heavy (non-hydrogen) atoms. The van der Waals surface area contributed by atoms with Crippen LogP contribution in [0.3, 0.4) is 0 Å². The molecule has 0 bridgehead atoms. The van der Waals surface area contributed by atoms with Crippen molar-refractivity contribution in [3.05, 3.63) is 12.2 Å². The van der Waals surface area contributed by atoms with Gasteiger partial charge in [0.25, 0.3) is 0 Å². The maximum Gasteiger partial charge on any atom is 0.333 e. The molecule has 0 aromatic rings. The lowest BCUT2D eigenvalue weighted by Crippen LogP contribution is -2.26. The maximum absolute atomic E-state index is 12.5. The van der Waals surface area contributed by atoms with Gasteiger partial charge in [-0.25, -0.2) is 18.0 Å². The van der Waals surface area contributed by atoms with Crippen molar-refractivity contribution in [3.63, 3.8) is 0 Å². The third-order valence-electron chi connectivity index (χ3n) is 1.26. The highest BCUT2D eigenvalue weighted by Gasteiger charge is 2.21. The maximum atomic E-state index is 12.5. The summed E-state index contributed by atoms with van der Waals surface area (Å²) in [5, 5.41) is 0. The number of carbonyl (C=O) groups is 1. The topological polar surface area (TPSA) is 26.3 Å². The van der Waals surface area contributed by atoms with Crippen LogP contribution in [-0.4, -0.2) is 31.6 Å². The minimum atomic E-state index is -2.24. The first kappa shape index (κ1) is 12.0. The summed E-state index contributed by atoms with van der Waals surface area (Å²) in [4.78, 5) is 10.7. The minimum Gasteiger partial charge on any atom is -0.459 e. The van der Waals surface area contributed by atoms with Gasteiger partial charge < -0.3 is 4.74 Å². The predicted octanol–water partition coefficient (Wildman–Crippen LogP) is 1.75. The second kappa shape index (κ2) is 5.61. The standard InChI is InChI=1S/C8H11F3O2/c1-5(2)8(12)13-4-7(11)6(10)3-9/h6-7H,1,3-4H2,2H3. The van der Waals surface area contributed by atoms with Crippen LogP contribution in [0.1, 0.15) is 6.92 Å². The summed E-state index contributed by atoms with van der Waals surface area (Å²) in [6, 6.07) is 0. The van der Waals surface area contributed by atoms with E-state index in [9.17, 15) is 18.0 Å². The van der Waals surface area contributed by atoms with Gasteiger partial charge in [-0.05, 0) is 6.92 Å². The molecule has 76 valence electrons. The van der Waals surface area contributed by atoms with Gasteiger partial charge in [-0.1, -0.05) is 6.58 Å². The van der Waals surface area contributed by atoms with Gasteiger partial charge in [-0.3, -0.25) is 0 Å². The molecular weight excluding hydrogens is 185 g/mol. The van der Waals surface area contributed by atoms with Crippen LogP contribution in [0.4, 0.5) is 13.2 Å². The molecule has 0 N–H and O–H groups in total. The number of rotatable bonds is 5. The van der Waals surface area contributed by atoms with Crippen LogP contribution >= 0.6 is 0 Å². The Morgan fingerprint density at radius 3 is 2.38 bits per heavy atom. The summed E-state index contributed by atoms with van der Waals surface area (Å²) in [6.07, 6.45) is -4.36. The van der Waals surface area contributed by atoms with Gasteiger partial charge >= 0.3 is 5.97 Å². The average Bonchev–Trinajstić information content (AvgIpc) is 2.11. The summed E-state index contributed by atoms with van der Waals surface area (Å²) in [5.41, 5.74) is 0.0860. The van der Waals surface area contributed by atoms with E-state index in [-0.39, 0.29) is 5.57 Å². The Kier molecular flexibility index (Phi) is 5.18. The van der Waals surface area contributed by atoms with E-state index in [1.54, 1.807) is 0 Å². The lowest BCUT2D eigenvalue weighted by atomic mass is 10.3. The van der Waals surface area contributed by atoms with E-state index in [2.05, 4.69) is 11.3 Å². The average molecular weight is 196 g/mol. The fourth-order valence-electron chi connectivity index (χ4n) is 0.480. The molecule has 0 aliphatic carbocycles. The van der Waals surface area contributed by atoms with E-state index in [4.69, 9.17) is 0 Å². The molecule has 0 heterocycles. The molecule has 0 saturated heterocycles. The van der Waals surface area contributed by atoms with Gasteiger partial charge in [0.05, 0.1) is 0 Å². The third-order valence-corrected chi connectivity index (χ3v) is 1.26. The second-order valence-electron chi connectivity index (χ2n) is 2.57. The van der Waals surface area contributed by atoms with E-state index < -0.39 is 31.6 Å². The molecule has 0 spiro atoms. The molecular formula is C8H11F3O2. The van der Waals surface area contributed by atoms with Crippen LogP contribution in [-0.2, 0) is 9.53 Å². The highest BCUT2D eigenvalue weighted by atomic mass is 19.2. The first-order valence-corrected chi connectivity index (χ1v) is 3.65. The van der Waals surface area contributed by atoms with Gasteiger partial charge in [0.15, 0.2) is 12.3 Å². The molecule has 0 aliphatic rings. The van der Waals surface area contributed by atoms with Gasteiger partial charge in [0.1, 0.15) is 13.3 Å². The third kappa shape index (κ3) is 4.55. The molecule has 2 unspecified atom stereocenters. The van der Waals surface area contributed by atoms with Crippen LogP contribution in [0.15, 0.2) is 12.2 Å². The number of alkyl halides is 3. The van der Waals surface area contributed by atoms with Crippen molar-refractivity contribution in [1.82, 2.24) is 0 Å². The van der Waals surface area contributed by atoms with Crippen LogP contribution < -0.4 is 0 Å². The summed E-state index contributed by atoms with van der Waals surface area (Å²) in [7, 11) is 0. The first-order chi connectivity index (χ1) is 5.99. The Morgan fingerprint density at radius 1 is 1.46 bits per heavy atom. The van der Waals surface area contributed by atoms with E-state index >= 15 is 0 Å². The fraction of sp³-hybridized carbons (Fsp3) is 0.625. The summed E-state index contributed by atoms with van der Waals surface area (Å²) >= 11 is 0. The van der Waals surface area contributed by atoms with Crippen LogP contribution in [0.2, 0.25) is 0 Å². The number of esters is 1. The highest BCUT2D eigenvalue weighted by Crippen LogP contribution is 2.06. The Labute approximate surface area is 74.4 Å². The molecule has 0 rings (SSSR count). The van der Waals surface area contributed by atoms with E-state index in [1.165, 1.54) is 6.92 Å². The quantitative estimate of drug-likeness (QED) is 0.494. The normalized spacial score (nSPS) is 14.8. The summed E-state index contributed by atoms with van der Waals surface area (Å²) in [6.45, 7) is 2.40. The smallest absolute Gasteiger partial charge is 0.333 e. The van der Waals surface area contributed by atoms with Crippen molar-refractivity contribution in [2.75, 3.05) is 13.3 Å². The summed E-state index contributed by atoms with van der Waals surface area (Å²) in [5.74, 6) is -0.811. The molecule has 0 amide bonds. The molecule has 0 aromatic carbocycles. The Morgan fingerprint density at radius 2 is 2.00 bits per heavy atom. The predicted molar refractivity (Wildman–Crippen MR) is 41.5 cm³/mol. The monoisotopic (exact) mass is 196 g/mol. The highest BCUT2D eigenvalue weighted by molar-refractivity contribution is 5.86. The zero-order valence-corrected chi connectivity index (χ0v) is 7.23. The van der Waals surface area contributed by atoms with Gasteiger partial charge in [0.2, 0.25) is 0 Å². The van der Waals surface area contributed by atoms with Crippen LogP contribution in [0.25, 0.3) is 0 Å². The van der Waals surface area contributed by atoms with Crippen LogP contribution in [0.5, 0.6) is 0 Å². The lowest BCUT2D eigenvalue weighted by Gasteiger charge is -2.10. The Hall–Kier alpha value is -1.00. The molecule has 0 aromatic heterocycles. The van der Waals surface area contributed by atoms with Crippen molar-refractivity contribution in [3.8, 4) is 0 Å². The number of halogens is 3. The number of hydrogen-bond donors (Lipinski definition) is 0.